The summed E-state index contributed by atoms with van der Waals surface area (Å²) < 4.78 is 21.0. The van der Waals surface area contributed by atoms with Crippen LogP contribution >= 0.6 is 11.6 Å². The topological polar surface area (TPSA) is 86.2 Å². The molecule has 0 saturated carbocycles. The second-order valence-corrected chi connectivity index (χ2v) is 9.45. The summed E-state index contributed by atoms with van der Waals surface area (Å²) in [7, 11) is 0. The number of benzene rings is 1. The molecule has 2 atom stereocenters. The fourth-order valence-electron chi connectivity index (χ4n) is 5.14. The monoisotopic (exact) mass is 500 g/mol. The van der Waals surface area contributed by atoms with E-state index in [0.29, 0.717) is 32.0 Å². The van der Waals surface area contributed by atoms with Gasteiger partial charge in [-0.15, -0.1) is 0 Å². The molecule has 3 aliphatic heterocycles. The van der Waals surface area contributed by atoms with Crippen LogP contribution in [0.1, 0.15) is 30.1 Å². The van der Waals surface area contributed by atoms with Crippen LogP contribution in [0, 0.1) is 5.82 Å². The van der Waals surface area contributed by atoms with Crippen molar-refractivity contribution in [3.8, 4) is 22.8 Å². The van der Waals surface area contributed by atoms with E-state index in [1.54, 1.807) is 9.80 Å². The average Bonchev–Trinajstić information content (AvgIpc) is 3.21. The van der Waals surface area contributed by atoms with Crippen LogP contribution in [-0.2, 0) is 4.79 Å². The van der Waals surface area contributed by atoms with Gasteiger partial charge < -0.3 is 24.5 Å². The minimum atomic E-state index is -0.685. The molecular formula is C25H26ClFN4O4. The third-order valence-electron chi connectivity index (χ3n) is 6.99. The summed E-state index contributed by atoms with van der Waals surface area (Å²) in [6.07, 6.45) is 3.09. The van der Waals surface area contributed by atoms with E-state index < -0.39 is 11.9 Å². The number of hydrogen-bond acceptors (Lipinski definition) is 6. The Morgan fingerprint density at radius 2 is 2.09 bits per heavy atom. The Bertz CT molecular complexity index is 1200. The molecular weight excluding hydrogens is 475 g/mol. The van der Waals surface area contributed by atoms with Crippen LogP contribution < -0.4 is 9.64 Å². The van der Waals surface area contributed by atoms with Crippen LogP contribution in [0.4, 0.5) is 10.2 Å². The lowest BCUT2D eigenvalue weighted by atomic mass is 10.0. The molecule has 2 amide bonds. The molecule has 2 aromatic rings. The maximum atomic E-state index is 14.9. The SMILES string of the molecule is C=CC(=O)N1CCN2C(=O)c3c(N4CCCC4C)nc(-c4c(O)cccc4F)c(Cl)c3OCC2C1. The molecule has 2 fully saturated rings. The molecule has 35 heavy (non-hydrogen) atoms. The second kappa shape index (κ2) is 9.03. The lowest BCUT2D eigenvalue weighted by Gasteiger charge is -2.39. The Kier molecular flexibility index (Phi) is 6.04. The predicted octanol–water partition coefficient (Wildman–Crippen LogP) is 3.47. The molecule has 1 aromatic heterocycles. The molecule has 0 spiro atoms. The zero-order valence-corrected chi connectivity index (χ0v) is 20.1. The highest BCUT2D eigenvalue weighted by molar-refractivity contribution is 6.35. The van der Waals surface area contributed by atoms with Crippen LogP contribution in [-0.4, -0.2) is 76.6 Å². The van der Waals surface area contributed by atoms with Crippen molar-refractivity contribution in [1.29, 1.82) is 0 Å². The summed E-state index contributed by atoms with van der Waals surface area (Å²) in [6.45, 7) is 7.36. The van der Waals surface area contributed by atoms with Gasteiger partial charge in [-0.2, -0.15) is 0 Å². The molecule has 1 N–H and O–H groups in total. The number of ether oxygens (including phenoxy) is 1. The van der Waals surface area contributed by atoms with Gasteiger partial charge in [0.2, 0.25) is 5.91 Å². The van der Waals surface area contributed by atoms with Gasteiger partial charge in [-0.1, -0.05) is 24.2 Å². The zero-order chi connectivity index (χ0) is 24.9. The first kappa shape index (κ1) is 23.4. The van der Waals surface area contributed by atoms with Crippen molar-refractivity contribution in [3.05, 3.63) is 47.3 Å². The highest BCUT2D eigenvalue weighted by Gasteiger charge is 2.41. The molecule has 0 aliphatic carbocycles. The second-order valence-electron chi connectivity index (χ2n) is 9.07. The van der Waals surface area contributed by atoms with Gasteiger partial charge in [-0.25, -0.2) is 9.37 Å². The van der Waals surface area contributed by atoms with Crippen LogP contribution in [0.15, 0.2) is 30.9 Å². The minimum Gasteiger partial charge on any atom is -0.507 e. The molecule has 3 aliphatic rings. The number of rotatable bonds is 3. The summed E-state index contributed by atoms with van der Waals surface area (Å²) in [5, 5.41) is 10.4. The van der Waals surface area contributed by atoms with Crippen LogP contribution in [0.25, 0.3) is 11.3 Å². The maximum Gasteiger partial charge on any atom is 0.261 e. The van der Waals surface area contributed by atoms with Crippen molar-refractivity contribution in [1.82, 2.24) is 14.8 Å². The molecule has 184 valence electrons. The highest BCUT2D eigenvalue weighted by atomic mass is 35.5. The molecule has 8 nitrogen and oxygen atoms in total. The van der Waals surface area contributed by atoms with Crippen molar-refractivity contribution in [2.45, 2.75) is 31.8 Å². The lowest BCUT2D eigenvalue weighted by molar-refractivity contribution is -0.128. The van der Waals surface area contributed by atoms with Crippen LogP contribution in [0.3, 0.4) is 0 Å². The fraction of sp³-hybridized carbons (Fsp3) is 0.400. The summed E-state index contributed by atoms with van der Waals surface area (Å²) >= 11 is 6.72. The smallest absolute Gasteiger partial charge is 0.261 e. The Morgan fingerprint density at radius 3 is 2.77 bits per heavy atom. The molecule has 0 radical (unpaired) electrons. The standard InChI is InChI=1S/C25H26ClFN4O4/c1-3-18(33)29-10-11-31-15(12-29)13-35-23-20(25(31)34)24(30-9-5-6-14(30)2)28-22(21(23)26)19-16(27)7-4-8-17(19)32/h3-4,7-8,14-15,32H,1,5-6,9-13H2,2H3. The van der Waals surface area contributed by atoms with E-state index >= 15 is 0 Å². The molecule has 10 heteroatoms. The van der Waals surface area contributed by atoms with E-state index in [4.69, 9.17) is 16.3 Å². The first-order valence-electron chi connectivity index (χ1n) is 11.6. The summed E-state index contributed by atoms with van der Waals surface area (Å²) in [4.78, 5) is 36.1. The quantitative estimate of drug-likeness (QED) is 0.649. The molecule has 4 heterocycles. The molecule has 0 bridgehead atoms. The van der Waals surface area contributed by atoms with E-state index in [2.05, 4.69) is 11.6 Å². The molecule has 2 unspecified atom stereocenters. The lowest BCUT2D eigenvalue weighted by Crippen LogP contribution is -2.57. The summed E-state index contributed by atoms with van der Waals surface area (Å²) in [5.74, 6) is -1.01. The third-order valence-corrected chi connectivity index (χ3v) is 7.34. The first-order valence-corrected chi connectivity index (χ1v) is 12.0. The number of phenolic OH excluding ortho intramolecular Hbond substituents is 1. The number of anilines is 1. The first-order chi connectivity index (χ1) is 16.8. The third kappa shape index (κ3) is 3.87. The number of piperazine rings is 1. The van der Waals surface area contributed by atoms with Crippen LogP contribution in [0.2, 0.25) is 5.02 Å². The van der Waals surface area contributed by atoms with Gasteiger partial charge in [0, 0.05) is 32.2 Å². The fourth-order valence-corrected chi connectivity index (χ4v) is 5.43. The van der Waals surface area contributed by atoms with E-state index in [1.807, 2.05) is 11.8 Å². The predicted molar refractivity (Wildman–Crippen MR) is 129 cm³/mol. The van der Waals surface area contributed by atoms with Gasteiger partial charge in [0.05, 0.1) is 11.6 Å². The number of pyridine rings is 1. The normalized spacial score (nSPS) is 21.8. The number of hydrogen-bond donors (Lipinski definition) is 1. The number of carbonyl (C=O) groups excluding carboxylic acids is 2. The Balaban J connectivity index is 1.67. The van der Waals surface area contributed by atoms with Gasteiger partial charge >= 0.3 is 0 Å². The minimum absolute atomic E-state index is 0.0197. The Labute approximate surface area is 207 Å². The molecule has 2 saturated heterocycles. The van der Waals surface area contributed by atoms with Gasteiger partial charge in [-0.05, 0) is 38.0 Å². The number of aromatic nitrogens is 1. The largest absolute Gasteiger partial charge is 0.507 e. The zero-order valence-electron chi connectivity index (χ0n) is 19.3. The van der Waals surface area contributed by atoms with Crippen LogP contribution in [0.5, 0.6) is 11.5 Å². The average molecular weight is 501 g/mol. The van der Waals surface area contributed by atoms with E-state index in [1.165, 1.54) is 24.3 Å². The van der Waals surface area contributed by atoms with Gasteiger partial charge in [0.25, 0.3) is 5.91 Å². The van der Waals surface area contributed by atoms with Crippen molar-refractivity contribution < 1.29 is 23.8 Å². The summed E-state index contributed by atoms with van der Waals surface area (Å²) in [6, 6.07) is 3.68. The van der Waals surface area contributed by atoms with Crippen molar-refractivity contribution in [2.24, 2.45) is 0 Å². The van der Waals surface area contributed by atoms with Crippen molar-refractivity contribution >= 4 is 29.2 Å². The van der Waals surface area contributed by atoms with E-state index in [0.717, 1.165) is 12.8 Å². The highest BCUT2D eigenvalue weighted by Crippen LogP contribution is 2.46. The Hall–Kier alpha value is -3.33. The number of phenols is 1. The number of carbonyl (C=O) groups is 2. The number of fused-ring (bicyclic) bond motifs is 2. The summed E-state index contributed by atoms with van der Waals surface area (Å²) in [5.41, 5.74) is 0.106. The number of nitrogens with zero attached hydrogens (tertiary/aromatic N) is 4. The van der Waals surface area contributed by atoms with Crippen molar-refractivity contribution in [2.75, 3.05) is 37.7 Å². The van der Waals surface area contributed by atoms with E-state index in [9.17, 15) is 19.1 Å². The van der Waals surface area contributed by atoms with Gasteiger partial charge in [0.15, 0.2) is 5.75 Å². The van der Waals surface area contributed by atoms with Gasteiger partial charge in [-0.3, -0.25) is 9.59 Å². The maximum absolute atomic E-state index is 14.9. The Morgan fingerprint density at radius 1 is 1.29 bits per heavy atom. The molecule has 5 rings (SSSR count). The number of amides is 2. The number of aromatic hydroxyl groups is 1. The van der Waals surface area contributed by atoms with E-state index in [-0.39, 0.29) is 57.8 Å². The van der Waals surface area contributed by atoms with Crippen molar-refractivity contribution in [3.63, 3.8) is 0 Å². The molecule has 1 aromatic carbocycles. The van der Waals surface area contributed by atoms with Gasteiger partial charge in [0.1, 0.15) is 40.3 Å². The number of halogens is 2.